The van der Waals surface area contributed by atoms with Gasteiger partial charge in [0, 0.05) is 12.1 Å². The second kappa shape index (κ2) is 4.41. The van der Waals surface area contributed by atoms with Crippen molar-refractivity contribution >= 4 is 22.4 Å². The van der Waals surface area contributed by atoms with E-state index in [1.165, 1.54) is 30.4 Å². The Balaban J connectivity index is 2.24. The van der Waals surface area contributed by atoms with Gasteiger partial charge in [-0.25, -0.2) is 9.78 Å². The molecule has 1 aliphatic rings. The second-order valence-corrected chi connectivity index (χ2v) is 5.22. The standard InChI is InChI=1S/C11H16N2O2S/c1-3-8-5-4-7(2)13(8)11-12-6-9(16-11)10(14)15/h6-8H,3-5H2,1-2H3,(H,14,15). The van der Waals surface area contributed by atoms with E-state index in [9.17, 15) is 4.79 Å². The summed E-state index contributed by atoms with van der Waals surface area (Å²) in [5, 5.41) is 9.74. The van der Waals surface area contributed by atoms with Crippen LogP contribution < -0.4 is 4.90 Å². The first-order valence-electron chi connectivity index (χ1n) is 5.61. The Morgan fingerprint density at radius 1 is 1.69 bits per heavy atom. The van der Waals surface area contributed by atoms with Crippen LogP contribution in [0.15, 0.2) is 6.20 Å². The number of aromatic nitrogens is 1. The summed E-state index contributed by atoms with van der Waals surface area (Å²) in [6.45, 7) is 4.35. The number of hydrogen-bond donors (Lipinski definition) is 1. The number of nitrogens with zero attached hydrogens (tertiary/aromatic N) is 2. The summed E-state index contributed by atoms with van der Waals surface area (Å²) in [5.41, 5.74) is 0. The summed E-state index contributed by atoms with van der Waals surface area (Å²) in [4.78, 5) is 17.6. The van der Waals surface area contributed by atoms with E-state index in [4.69, 9.17) is 5.11 Å². The quantitative estimate of drug-likeness (QED) is 0.882. The van der Waals surface area contributed by atoms with Gasteiger partial charge >= 0.3 is 5.97 Å². The van der Waals surface area contributed by atoms with Crippen molar-refractivity contribution in [3.63, 3.8) is 0 Å². The van der Waals surface area contributed by atoms with Crippen LogP contribution in [0.2, 0.25) is 0 Å². The van der Waals surface area contributed by atoms with Crippen LogP contribution >= 0.6 is 11.3 Å². The van der Waals surface area contributed by atoms with E-state index in [2.05, 4.69) is 23.7 Å². The van der Waals surface area contributed by atoms with Gasteiger partial charge < -0.3 is 10.0 Å². The van der Waals surface area contributed by atoms with Crippen molar-refractivity contribution in [3.8, 4) is 0 Å². The van der Waals surface area contributed by atoms with Crippen molar-refractivity contribution in [2.45, 2.75) is 45.2 Å². The Morgan fingerprint density at radius 2 is 2.44 bits per heavy atom. The molecular weight excluding hydrogens is 224 g/mol. The molecule has 4 nitrogen and oxygen atoms in total. The normalized spacial score (nSPS) is 25.0. The predicted octanol–water partition coefficient (Wildman–Crippen LogP) is 2.61. The average molecular weight is 240 g/mol. The molecule has 2 atom stereocenters. The molecule has 0 aromatic carbocycles. The van der Waals surface area contributed by atoms with Crippen LogP contribution in [-0.2, 0) is 0 Å². The molecule has 1 aromatic rings. The molecule has 16 heavy (non-hydrogen) atoms. The second-order valence-electron chi connectivity index (χ2n) is 4.21. The lowest BCUT2D eigenvalue weighted by atomic mass is 10.2. The lowest BCUT2D eigenvalue weighted by Crippen LogP contribution is -2.33. The molecule has 88 valence electrons. The van der Waals surface area contributed by atoms with Crippen LogP contribution in [0, 0.1) is 0 Å². The zero-order chi connectivity index (χ0) is 11.7. The molecule has 0 spiro atoms. The number of carboxylic acids is 1. The van der Waals surface area contributed by atoms with Gasteiger partial charge in [0.1, 0.15) is 4.88 Å². The maximum atomic E-state index is 10.8. The fourth-order valence-electron chi connectivity index (χ4n) is 2.30. The fraction of sp³-hybridized carbons (Fsp3) is 0.636. The minimum atomic E-state index is -0.886. The number of rotatable bonds is 3. The van der Waals surface area contributed by atoms with Gasteiger partial charge in [-0.05, 0) is 26.2 Å². The summed E-state index contributed by atoms with van der Waals surface area (Å²) in [5.74, 6) is -0.886. The molecule has 1 aliphatic heterocycles. The first-order valence-corrected chi connectivity index (χ1v) is 6.42. The highest BCUT2D eigenvalue weighted by Gasteiger charge is 2.31. The third-order valence-electron chi connectivity index (χ3n) is 3.18. The van der Waals surface area contributed by atoms with Gasteiger partial charge in [-0.1, -0.05) is 18.3 Å². The zero-order valence-corrected chi connectivity index (χ0v) is 10.3. The number of carbonyl (C=O) groups is 1. The van der Waals surface area contributed by atoms with E-state index in [1.54, 1.807) is 0 Å². The van der Waals surface area contributed by atoms with Crippen molar-refractivity contribution in [3.05, 3.63) is 11.1 Å². The Labute approximate surface area is 98.9 Å². The Kier molecular flexibility index (Phi) is 3.14. The van der Waals surface area contributed by atoms with Crippen LogP contribution in [0.1, 0.15) is 42.8 Å². The predicted molar refractivity (Wildman–Crippen MR) is 64.3 cm³/mol. The molecule has 0 aliphatic carbocycles. The largest absolute Gasteiger partial charge is 0.477 e. The van der Waals surface area contributed by atoms with Crippen LogP contribution in [0.3, 0.4) is 0 Å². The molecule has 0 saturated carbocycles. The molecule has 0 radical (unpaired) electrons. The van der Waals surface area contributed by atoms with Crippen molar-refractivity contribution in [1.82, 2.24) is 4.98 Å². The summed E-state index contributed by atoms with van der Waals surface area (Å²) in [6, 6.07) is 0.987. The van der Waals surface area contributed by atoms with Crippen molar-refractivity contribution in [2.24, 2.45) is 0 Å². The summed E-state index contributed by atoms with van der Waals surface area (Å²) >= 11 is 1.28. The Bertz CT molecular complexity index is 391. The molecule has 5 heteroatoms. The van der Waals surface area contributed by atoms with Gasteiger partial charge in [0.2, 0.25) is 0 Å². The van der Waals surface area contributed by atoms with Gasteiger partial charge in [-0.15, -0.1) is 0 Å². The molecule has 1 fully saturated rings. The van der Waals surface area contributed by atoms with Gasteiger partial charge in [0.15, 0.2) is 5.13 Å². The van der Waals surface area contributed by atoms with Crippen molar-refractivity contribution in [2.75, 3.05) is 4.90 Å². The summed E-state index contributed by atoms with van der Waals surface area (Å²) in [6.07, 6.45) is 4.90. The molecular formula is C11H16N2O2S. The highest BCUT2D eigenvalue weighted by molar-refractivity contribution is 7.17. The molecule has 2 rings (SSSR count). The zero-order valence-electron chi connectivity index (χ0n) is 9.51. The van der Waals surface area contributed by atoms with Gasteiger partial charge in [-0.2, -0.15) is 0 Å². The number of anilines is 1. The van der Waals surface area contributed by atoms with Crippen LogP contribution in [-0.4, -0.2) is 28.1 Å². The molecule has 1 aromatic heterocycles. The Hall–Kier alpha value is -1.10. The molecule has 1 saturated heterocycles. The minimum Gasteiger partial charge on any atom is -0.477 e. The maximum absolute atomic E-state index is 10.8. The van der Waals surface area contributed by atoms with E-state index in [-0.39, 0.29) is 0 Å². The van der Waals surface area contributed by atoms with Gasteiger partial charge in [-0.3, -0.25) is 0 Å². The lowest BCUT2D eigenvalue weighted by molar-refractivity contribution is 0.0702. The van der Waals surface area contributed by atoms with Crippen LogP contribution in [0.5, 0.6) is 0 Å². The number of thiazole rings is 1. The molecule has 2 heterocycles. The number of carboxylic acid groups (broad SMARTS) is 1. The average Bonchev–Trinajstić information content (AvgIpc) is 2.83. The molecule has 2 unspecified atom stereocenters. The minimum absolute atomic E-state index is 0.323. The van der Waals surface area contributed by atoms with Gasteiger partial charge in [0.05, 0.1) is 6.20 Å². The molecule has 1 N–H and O–H groups in total. The monoisotopic (exact) mass is 240 g/mol. The summed E-state index contributed by atoms with van der Waals surface area (Å²) in [7, 11) is 0. The van der Waals surface area contributed by atoms with Crippen LogP contribution in [0.25, 0.3) is 0 Å². The molecule has 0 amide bonds. The van der Waals surface area contributed by atoms with E-state index in [1.807, 2.05) is 0 Å². The van der Waals surface area contributed by atoms with Crippen molar-refractivity contribution in [1.29, 1.82) is 0 Å². The van der Waals surface area contributed by atoms with Crippen molar-refractivity contribution < 1.29 is 9.90 Å². The van der Waals surface area contributed by atoms with E-state index >= 15 is 0 Å². The first kappa shape index (κ1) is 11.4. The SMILES string of the molecule is CCC1CCC(C)N1c1ncc(C(=O)O)s1. The smallest absolute Gasteiger partial charge is 0.347 e. The van der Waals surface area contributed by atoms with Gasteiger partial charge in [0.25, 0.3) is 0 Å². The topological polar surface area (TPSA) is 53.4 Å². The highest BCUT2D eigenvalue weighted by Crippen LogP contribution is 2.34. The third kappa shape index (κ3) is 1.91. The van der Waals surface area contributed by atoms with E-state index in [0.29, 0.717) is 17.0 Å². The number of aromatic carboxylic acids is 1. The first-order chi connectivity index (χ1) is 7.63. The lowest BCUT2D eigenvalue weighted by Gasteiger charge is -2.27. The number of hydrogen-bond acceptors (Lipinski definition) is 4. The molecule has 0 bridgehead atoms. The highest BCUT2D eigenvalue weighted by atomic mass is 32.1. The maximum Gasteiger partial charge on any atom is 0.347 e. The third-order valence-corrected chi connectivity index (χ3v) is 4.18. The van der Waals surface area contributed by atoms with E-state index in [0.717, 1.165) is 11.6 Å². The van der Waals surface area contributed by atoms with E-state index < -0.39 is 5.97 Å². The fourth-order valence-corrected chi connectivity index (χ4v) is 3.23. The van der Waals surface area contributed by atoms with Crippen LogP contribution in [0.4, 0.5) is 5.13 Å². The Morgan fingerprint density at radius 3 is 3.00 bits per heavy atom. The summed E-state index contributed by atoms with van der Waals surface area (Å²) < 4.78 is 0.